The summed E-state index contributed by atoms with van der Waals surface area (Å²) in [5.41, 5.74) is -0.260. The first-order valence-electron chi connectivity index (χ1n) is 10.6. The molecule has 1 amide bonds. The zero-order chi connectivity index (χ0) is 22.6. The predicted octanol–water partition coefficient (Wildman–Crippen LogP) is 4.02. The standard InChI is InChI=1S/C24H27NO6/c1-13-12-24-9-5-14(13)11-17(24)23(2,18(27)6-10-24)8-7-19(28)25-20-16(26)4-3-15(21(20)29)22(30)31/h3-4,6,10,14,17,26,29H,1,5,7-9,11-12H2,2H3,(H,25,28)(H,30,31)/t14-,17+,23+,24+/m0/s1. The Labute approximate surface area is 180 Å². The number of ketones is 1. The van der Waals surface area contributed by atoms with Gasteiger partial charge in [0.15, 0.2) is 11.5 Å². The number of amides is 1. The molecule has 0 aliphatic heterocycles. The Morgan fingerprint density at radius 3 is 2.71 bits per heavy atom. The van der Waals surface area contributed by atoms with Gasteiger partial charge in [-0.1, -0.05) is 25.2 Å². The number of carbonyl (C=O) groups is 3. The fraction of sp³-hybridized carbons (Fsp3) is 0.458. The van der Waals surface area contributed by atoms with Gasteiger partial charge in [0, 0.05) is 11.8 Å². The molecule has 0 saturated heterocycles. The maximum absolute atomic E-state index is 12.9. The fourth-order valence-corrected chi connectivity index (χ4v) is 5.91. The average Bonchev–Trinajstić information content (AvgIpc) is 2.72. The van der Waals surface area contributed by atoms with Crippen molar-refractivity contribution in [1.82, 2.24) is 0 Å². The number of nitrogens with one attached hydrogen (secondary N) is 1. The lowest BCUT2D eigenvalue weighted by Gasteiger charge is -2.59. The van der Waals surface area contributed by atoms with E-state index in [1.54, 1.807) is 6.08 Å². The van der Waals surface area contributed by atoms with Crippen molar-refractivity contribution < 1.29 is 29.7 Å². The molecule has 1 aromatic rings. The Bertz CT molecular complexity index is 1030. The molecule has 3 fully saturated rings. The molecule has 0 aromatic heterocycles. The molecule has 4 N–H and O–H groups in total. The summed E-state index contributed by atoms with van der Waals surface area (Å²) in [5, 5.41) is 31.6. The van der Waals surface area contributed by atoms with Crippen molar-refractivity contribution in [3.8, 4) is 11.5 Å². The Balaban J connectivity index is 1.52. The van der Waals surface area contributed by atoms with E-state index in [1.807, 2.05) is 6.92 Å². The molecule has 5 rings (SSSR count). The second-order valence-electron chi connectivity index (χ2n) is 9.42. The van der Waals surface area contributed by atoms with Crippen molar-refractivity contribution in [1.29, 1.82) is 0 Å². The number of phenols is 2. The largest absolute Gasteiger partial charge is 0.506 e. The van der Waals surface area contributed by atoms with Crippen LogP contribution in [0.5, 0.6) is 11.5 Å². The molecule has 7 nitrogen and oxygen atoms in total. The number of hydrogen-bond donors (Lipinski definition) is 4. The average molecular weight is 425 g/mol. The highest BCUT2D eigenvalue weighted by atomic mass is 16.4. The van der Waals surface area contributed by atoms with Gasteiger partial charge in [0.2, 0.25) is 5.91 Å². The van der Waals surface area contributed by atoms with Gasteiger partial charge in [0.1, 0.15) is 17.0 Å². The minimum atomic E-state index is -1.38. The topological polar surface area (TPSA) is 124 Å². The number of fused-ring (bicyclic) bond motifs is 2. The normalized spacial score (nSPS) is 31.4. The third-order valence-corrected chi connectivity index (χ3v) is 7.73. The first-order chi connectivity index (χ1) is 14.6. The Hall–Kier alpha value is -3.09. The van der Waals surface area contributed by atoms with Crippen molar-refractivity contribution in [2.45, 2.75) is 45.4 Å². The SMILES string of the molecule is C=C1C[C@@]23C=CC(=O)[C@](C)(CCC(=O)Nc4c(O)ccc(C(=O)O)c4O)[C@H]2C[C@@H]1CC3. The van der Waals surface area contributed by atoms with E-state index in [2.05, 4.69) is 18.0 Å². The molecule has 4 aliphatic rings. The van der Waals surface area contributed by atoms with Gasteiger partial charge in [-0.2, -0.15) is 0 Å². The maximum Gasteiger partial charge on any atom is 0.339 e. The molecule has 0 unspecified atom stereocenters. The van der Waals surface area contributed by atoms with Crippen LogP contribution in [-0.4, -0.2) is 33.0 Å². The van der Waals surface area contributed by atoms with Gasteiger partial charge in [0.05, 0.1) is 0 Å². The predicted molar refractivity (Wildman–Crippen MR) is 114 cm³/mol. The summed E-state index contributed by atoms with van der Waals surface area (Å²) in [7, 11) is 0. The molecule has 0 heterocycles. The van der Waals surface area contributed by atoms with Gasteiger partial charge in [-0.15, -0.1) is 0 Å². The van der Waals surface area contributed by atoms with Crippen LogP contribution in [0.3, 0.4) is 0 Å². The highest BCUT2D eigenvalue weighted by Crippen LogP contribution is 2.64. The van der Waals surface area contributed by atoms with E-state index in [-0.39, 0.29) is 29.2 Å². The van der Waals surface area contributed by atoms with Crippen molar-refractivity contribution in [3.05, 3.63) is 42.0 Å². The van der Waals surface area contributed by atoms with Crippen LogP contribution in [-0.2, 0) is 9.59 Å². The molecule has 2 bridgehead atoms. The summed E-state index contributed by atoms with van der Waals surface area (Å²) in [6.45, 7) is 6.17. The van der Waals surface area contributed by atoms with Crippen LogP contribution in [0.2, 0.25) is 0 Å². The van der Waals surface area contributed by atoms with E-state index in [0.717, 1.165) is 37.8 Å². The third kappa shape index (κ3) is 3.32. The van der Waals surface area contributed by atoms with Crippen LogP contribution in [0.15, 0.2) is 36.4 Å². The first kappa shape index (κ1) is 21.2. The number of hydrogen-bond acceptors (Lipinski definition) is 5. The number of aromatic carboxylic acids is 1. The Morgan fingerprint density at radius 2 is 2.03 bits per heavy atom. The number of carboxylic acid groups (broad SMARTS) is 1. The third-order valence-electron chi connectivity index (χ3n) is 7.73. The van der Waals surface area contributed by atoms with Crippen molar-refractivity contribution in [3.63, 3.8) is 0 Å². The number of phenolic OH excluding ortho intramolecular Hbond substituents is 1. The summed E-state index contributed by atoms with van der Waals surface area (Å²) in [6.07, 6.45) is 7.96. The molecule has 4 aliphatic carbocycles. The first-order valence-corrected chi connectivity index (χ1v) is 10.6. The summed E-state index contributed by atoms with van der Waals surface area (Å²) in [5.74, 6) is -2.42. The Kier molecular flexibility index (Phi) is 4.95. The maximum atomic E-state index is 12.9. The van der Waals surface area contributed by atoms with E-state index >= 15 is 0 Å². The second-order valence-corrected chi connectivity index (χ2v) is 9.42. The fourth-order valence-electron chi connectivity index (χ4n) is 5.91. The van der Waals surface area contributed by atoms with Crippen LogP contribution in [0.4, 0.5) is 5.69 Å². The zero-order valence-electron chi connectivity index (χ0n) is 17.5. The van der Waals surface area contributed by atoms with Crippen LogP contribution in [0.25, 0.3) is 0 Å². The summed E-state index contributed by atoms with van der Waals surface area (Å²) in [4.78, 5) is 36.8. The molecule has 1 spiro atoms. The van der Waals surface area contributed by atoms with E-state index < -0.39 is 34.4 Å². The molecular weight excluding hydrogens is 398 g/mol. The Morgan fingerprint density at radius 1 is 1.29 bits per heavy atom. The molecule has 164 valence electrons. The van der Waals surface area contributed by atoms with Gasteiger partial charge >= 0.3 is 5.97 Å². The lowest BCUT2D eigenvalue weighted by molar-refractivity contribution is -0.136. The zero-order valence-corrected chi connectivity index (χ0v) is 17.5. The van der Waals surface area contributed by atoms with Crippen molar-refractivity contribution in [2.75, 3.05) is 5.32 Å². The van der Waals surface area contributed by atoms with Crippen LogP contribution in [0, 0.1) is 22.7 Å². The molecule has 3 saturated carbocycles. The number of allylic oxidation sites excluding steroid dienone is 3. The number of aromatic hydroxyl groups is 2. The van der Waals surface area contributed by atoms with Gasteiger partial charge in [-0.05, 0) is 67.6 Å². The molecule has 7 heteroatoms. The number of carbonyl (C=O) groups excluding carboxylic acids is 2. The molecule has 1 aromatic carbocycles. The van der Waals surface area contributed by atoms with Crippen molar-refractivity contribution >= 4 is 23.3 Å². The quantitative estimate of drug-likeness (QED) is 0.417. The lowest BCUT2D eigenvalue weighted by Crippen LogP contribution is -2.54. The monoisotopic (exact) mass is 425 g/mol. The number of anilines is 1. The number of benzene rings is 1. The summed E-state index contributed by atoms with van der Waals surface area (Å²) >= 11 is 0. The van der Waals surface area contributed by atoms with Crippen LogP contribution < -0.4 is 5.32 Å². The van der Waals surface area contributed by atoms with E-state index in [9.17, 15) is 24.6 Å². The highest BCUT2D eigenvalue weighted by Gasteiger charge is 2.58. The summed E-state index contributed by atoms with van der Waals surface area (Å²) in [6, 6.07) is 2.16. The van der Waals surface area contributed by atoms with Crippen LogP contribution >= 0.6 is 0 Å². The smallest absolute Gasteiger partial charge is 0.339 e. The molecule has 0 radical (unpaired) electrons. The highest BCUT2D eigenvalue weighted by molar-refractivity contribution is 6.00. The van der Waals surface area contributed by atoms with Gasteiger partial charge in [-0.3, -0.25) is 9.59 Å². The van der Waals surface area contributed by atoms with Gasteiger partial charge in [-0.25, -0.2) is 4.79 Å². The summed E-state index contributed by atoms with van der Waals surface area (Å²) < 4.78 is 0. The van der Waals surface area contributed by atoms with Gasteiger partial charge in [0.25, 0.3) is 0 Å². The van der Waals surface area contributed by atoms with Crippen LogP contribution in [0.1, 0.15) is 55.8 Å². The van der Waals surface area contributed by atoms with E-state index in [0.29, 0.717) is 12.3 Å². The number of rotatable bonds is 5. The lowest BCUT2D eigenvalue weighted by atomic mass is 9.44. The minimum Gasteiger partial charge on any atom is -0.506 e. The van der Waals surface area contributed by atoms with Gasteiger partial charge < -0.3 is 20.6 Å². The molecule has 4 atom stereocenters. The van der Waals surface area contributed by atoms with E-state index in [1.165, 1.54) is 5.57 Å². The minimum absolute atomic E-state index is 0.00442. The van der Waals surface area contributed by atoms with E-state index in [4.69, 9.17) is 5.11 Å². The second kappa shape index (κ2) is 7.25. The molecular formula is C24H27NO6. The van der Waals surface area contributed by atoms with Crippen molar-refractivity contribution in [2.24, 2.45) is 22.7 Å². The molecule has 31 heavy (non-hydrogen) atoms. The number of carboxylic acids is 1.